The van der Waals surface area contributed by atoms with Crippen molar-refractivity contribution in [3.63, 3.8) is 0 Å². The maximum absolute atomic E-state index is 10.5. The van der Waals surface area contributed by atoms with E-state index in [2.05, 4.69) is 9.98 Å². The molecule has 0 aliphatic heterocycles. The molecule has 0 spiro atoms. The minimum absolute atomic E-state index is 0.260. The normalized spacial score (nSPS) is 9.45. The molecule has 2 aromatic rings. The second-order valence-electron chi connectivity index (χ2n) is 3.95. The van der Waals surface area contributed by atoms with Gasteiger partial charge in [-0.05, 0) is 17.7 Å². The van der Waals surface area contributed by atoms with Crippen molar-refractivity contribution < 1.29 is 4.79 Å². The van der Waals surface area contributed by atoms with Gasteiger partial charge < -0.3 is 5.73 Å². The Hall–Kier alpha value is -2.84. The van der Waals surface area contributed by atoms with Crippen LogP contribution in [0, 0.1) is 5.41 Å². The van der Waals surface area contributed by atoms with Gasteiger partial charge in [0.25, 0.3) is 0 Å². The monoisotopic (exact) mass is 264 g/mol. The maximum atomic E-state index is 10.5. The van der Waals surface area contributed by atoms with Crippen molar-refractivity contribution in [3.8, 4) is 11.1 Å². The number of rotatable bonds is 4. The molecule has 0 radical (unpaired) electrons. The number of nitrogens with one attached hydrogen (secondary N) is 1. The molecule has 0 aliphatic rings. The van der Waals surface area contributed by atoms with Crippen LogP contribution in [-0.4, -0.2) is 12.1 Å². The molecular formula is C15H12N4O. The number of aliphatic imine (C=N–C) groups is 2. The molecule has 0 saturated carbocycles. The molecule has 3 N–H and O–H groups in total. The van der Waals surface area contributed by atoms with Gasteiger partial charge in [-0.1, -0.05) is 30.3 Å². The van der Waals surface area contributed by atoms with Gasteiger partial charge in [0.2, 0.25) is 6.08 Å². The lowest BCUT2D eigenvalue weighted by Crippen LogP contribution is -1.99. The Morgan fingerprint density at radius 3 is 2.40 bits per heavy atom. The molecule has 0 saturated heterocycles. The van der Waals surface area contributed by atoms with Crippen LogP contribution in [-0.2, 0) is 11.3 Å². The first kappa shape index (κ1) is 13.6. The maximum Gasteiger partial charge on any atom is 0.240 e. The lowest BCUT2D eigenvalue weighted by molar-refractivity contribution is 0.565. The van der Waals surface area contributed by atoms with E-state index in [9.17, 15) is 4.79 Å². The summed E-state index contributed by atoms with van der Waals surface area (Å²) >= 11 is 0. The topological polar surface area (TPSA) is 91.7 Å². The Kier molecular flexibility index (Phi) is 4.32. The zero-order chi connectivity index (χ0) is 14.4. The molecule has 0 heterocycles. The molecule has 20 heavy (non-hydrogen) atoms. The Morgan fingerprint density at radius 2 is 1.70 bits per heavy atom. The molecule has 2 aromatic carbocycles. The summed E-state index contributed by atoms with van der Waals surface area (Å²) in [7, 11) is 0. The summed E-state index contributed by atoms with van der Waals surface area (Å²) in [5.41, 5.74) is 9.28. The highest BCUT2D eigenvalue weighted by Gasteiger charge is 2.11. The number of benzene rings is 2. The van der Waals surface area contributed by atoms with E-state index in [1.807, 2.05) is 30.3 Å². The third-order valence-corrected chi connectivity index (χ3v) is 2.89. The summed E-state index contributed by atoms with van der Waals surface area (Å²) in [6.45, 7) is 0.260. The average molecular weight is 264 g/mol. The van der Waals surface area contributed by atoms with Gasteiger partial charge in [-0.3, -0.25) is 0 Å². The number of para-hydroxylation sites is 1. The summed E-state index contributed by atoms with van der Waals surface area (Å²) in [5.74, 6) is 0. The van der Waals surface area contributed by atoms with E-state index < -0.39 is 0 Å². The van der Waals surface area contributed by atoms with Gasteiger partial charge >= 0.3 is 0 Å². The van der Waals surface area contributed by atoms with E-state index in [4.69, 9.17) is 11.1 Å². The van der Waals surface area contributed by atoms with Crippen LogP contribution in [0.5, 0.6) is 0 Å². The molecule has 0 aliphatic carbocycles. The fraction of sp³-hybridized carbons (Fsp3) is 0.0667. The first-order chi connectivity index (χ1) is 9.81. The van der Waals surface area contributed by atoms with Crippen LogP contribution in [0.15, 0.2) is 52.4 Å². The van der Waals surface area contributed by atoms with Crippen LogP contribution in [0.4, 0.5) is 11.4 Å². The molecule has 0 aromatic heterocycles. The number of isocyanates is 1. The van der Waals surface area contributed by atoms with Gasteiger partial charge in [-0.25, -0.2) is 10.2 Å². The SMILES string of the molecule is N=C=Nc1cccc(-c2ccccc2N=C=O)c1CN. The van der Waals surface area contributed by atoms with E-state index >= 15 is 0 Å². The van der Waals surface area contributed by atoms with Crippen LogP contribution >= 0.6 is 0 Å². The van der Waals surface area contributed by atoms with Gasteiger partial charge in [-0.2, -0.15) is 9.98 Å². The van der Waals surface area contributed by atoms with Crippen LogP contribution in [0.1, 0.15) is 5.56 Å². The fourth-order valence-electron chi connectivity index (χ4n) is 2.05. The fourth-order valence-corrected chi connectivity index (χ4v) is 2.05. The van der Waals surface area contributed by atoms with Crippen LogP contribution < -0.4 is 5.73 Å². The van der Waals surface area contributed by atoms with Gasteiger partial charge in [0.05, 0.1) is 17.4 Å². The van der Waals surface area contributed by atoms with Gasteiger partial charge in [0.1, 0.15) is 0 Å². The van der Waals surface area contributed by atoms with Gasteiger partial charge in [0.15, 0.2) is 0 Å². The molecule has 0 atom stereocenters. The first-order valence-corrected chi connectivity index (χ1v) is 5.93. The molecule has 0 fully saturated rings. The van der Waals surface area contributed by atoms with Crippen molar-refractivity contribution in [2.75, 3.05) is 0 Å². The molecule has 0 bridgehead atoms. The largest absolute Gasteiger partial charge is 0.326 e. The minimum Gasteiger partial charge on any atom is -0.326 e. The predicted molar refractivity (Wildman–Crippen MR) is 77.4 cm³/mol. The van der Waals surface area contributed by atoms with E-state index in [0.717, 1.165) is 16.7 Å². The molecule has 2 rings (SSSR count). The third kappa shape index (κ3) is 2.60. The second-order valence-corrected chi connectivity index (χ2v) is 3.95. The van der Waals surface area contributed by atoms with Crippen molar-refractivity contribution in [1.82, 2.24) is 0 Å². The zero-order valence-electron chi connectivity index (χ0n) is 10.6. The Bertz CT molecular complexity index is 726. The lowest BCUT2D eigenvalue weighted by atomic mass is 9.97. The minimum atomic E-state index is 0.260. The van der Waals surface area contributed by atoms with Crippen LogP contribution in [0.2, 0.25) is 0 Å². The highest BCUT2D eigenvalue weighted by Crippen LogP contribution is 2.35. The van der Waals surface area contributed by atoms with E-state index in [-0.39, 0.29) is 6.54 Å². The number of hydrogen-bond acceptors (Lipinski definition) is 5. The van der Waals surface area contributed by atoms with Crippen molar-refractivity contribution in [2.45, 2.75) is 6.54 Å². The summed E-state index contributed by atoms with van der Waals surface area (Å²) in [6.07, 6.45) is 1.55. The van der Waals surface area contributed by atoms with Gasteiger partial charge in [-0.15, -0.1) is 0 Å². The van der Waals surface area contributed by atoms with Crippen LogP contribution in [0.25, 0.3) is 11.1 Å². The standard InChI is InChI=1S/C15H12N4O/c16-8-13-11(5-3-7-15(13)18-9-17)12-4-1-2-6-14(12)19-10-20/h1-7,17H,8,16H2. The van der Waals surface area contributed by atoms with E-state index in [1.54, 1.807) is 24.3 Å². The van der Waals surface area contributed by atoms with Gasteiger partial charge in [0, 0.05) is 17.7 Å². The lowest BCUT2D eigenvalue weighted by Gasteiger charge is -2.11. The molecule has 5 nitrogen and oxygen atoms in total. The van der Waals surface area contributed by atoms with E-state index in [0.29, 0.717) is 11.4 Å². The number of nitrogens with zero attached hydrogens (tertiary/aromatic N) is 2. The molecule has 0 unspecified atom stereocenters. The summed E-state index contributed by atoms with van der Waals surface area (Å²) < 4.78 is 0. The number of nitrogens with two attached hydrogens (primary N) is 1. The first-order valence-electron chi connectivity index (χ1n) is 5.93. The van der Waals surface area contributed by atoms with Crippen molar-refractivity contribution in [3.05, 3.63) is 48.0 Å². The molecular weight excluding hydrogens is 252 g/mol. The summed E-state index contributed by atoms with van der Waals surface area (Å²) in [5, 5.41) is 6.97. The summed E-state index contributed by atoms with van der Waals surface area (Å²) in [4.78, 5) is 18.1. The number of hydrogen-bond donors (Lipinski definition) is 2. The highest BCUT2D eigenvalue weighted by molar-refractivity contribution is 5.82. The molecule has 5 heteroatoms. The third-order valence-electron chi connectivity index (χ3n) is 2.89. The van der Waals surface area contributed by atoms with E-state index in [1.165, 1.54) is 0 Å². The van der Waals surface area contributed by atoms with Crippen LogP contribution in [0.3, 0.4) is 0 Å². The Morgan fingerprint density at radius 1 is 1.00 bits per heavy atom. The van der Waals surface area contributed by atoms with Crippen molar-refractivity contribution in [1.29, 1.82) is 5.41 Å². The second kappa shape index (κ2) is 6.36. The zero-order valence-corrected chi connectivity index (χ0v) is 10.6. The predicted octanol–water partition coefficient (Wildman–Crippen LogP) is 3.16. The molecule has 98 valence electrons. The van der Waals surface area contributed by atoms with Crippen molar-refractivity contribution in [2.24, 2.45) is 15.7 Å². The Labute approximate surface area is 116 Å². The Balaban J connectivity index is 2.73. The quantitative estimate of drug-likeness (QED) is 0.655. The van der Waals surface area contributed by atoms with Crippen molar-refractivity contribution >= 4 is 23.5 Å². The highest BCUT2D eigenvalue weighted by atomic mass is 16.1. The number of carbonyl (C=O) groups excluding carboxylic acids is 1. The smallest absolute Gasteiger partial charge is 0.240 e. The molecule has 0 amide bonds. The average Bonchev–Trinajstić information content (AvgIpc) is 2.48. The summed E-state index contributed by atoms with van der Waals surface area (Å²) in [6, 6.07) is 14.7.